The maximum absolute atomic E-state index is 6.02. The van der Waals surface area contributed by atoms with Gasteiger partial charge in [0.25, 0.3) is 5.78 Å². The molecule has 6 heteroatoms. The van der Waals surface area contributed by atoms with E-state index < -0.39 is 0 Å². The summed E-state index contributed by atoms with van der Waals surface area (Å²) in [4.78, 5) is 8.37. The lowest BCUT2D eigenvalue weighted by Crippen LogP contribution is -2.34. The first-order valence-electron chi connectivity index (χ1n) is 6.32. The monoisotopic (exact) mass is 247 g/mol. The van der Waals surface area contributed by atoms with Gasteiger partial charge in [-0.25, -0.2) is 4.98 Å². The quantitative estimate of drug-likeness (QED) is 0.859. The molecule has 2 N–H and O–H groups in total. The molecule has 1 saturated carbocycles. The molecule has 0 amide bonds. The van der Waals surface area contributed by atoms with Gasteiger partial charge in [0, 0.05) is 17.8 Å². The molecular formula is C12H17N5O. The molecule has 0 aromatic carbocycles. The smallest absolute Gasteiger partial charge is 0.255 e. The molecule has 2 aromatic rings. The molecule has 2 aromatic heterocycles. The zero-order chi connectivity index (χ0) is 12.5. The predicted octanol–water partition coefficient (Wildman–Crippen LogP) is 1.08. The summed E-state index contributed by atoms with van der Waals surface area (Å²) < 4.78 is 7.65. The minimum Gasteiger partial charge on any atom is -0.474 e. The van der Waals surface area contributed by atoms with Gasteiger partial charge in [0.05, 0.1) is 0 Å². The van der Waals surface area contributed by atoms with Crippen LogP contribution in [0.15, 0.2) is 12.4 Å². The number of aromatic nitrogens is 4. The third-order valence-electron chi connectivity index (χ3n) is 3.30. The van der Waals surface area contributed by atoms with Crippen molar-refractivity contribution in [2.75, 3.05) is 0 Å². The van der Waals surface area contributed by atoms with Crippen molar-refractivity contribution >= 4 is 5.78 Å². The Bertz CT molecular complexity index is 552. The van der Waals surface area contributed by atoms with E-state index in [9.17, 15) is 0 Å². The highest BCUT2D eigenvalue weighted by atomic mass is 16.5. The summed E-state index contributed by atoms with van der Waals surface area (Å²) in [7, 11) is 0. The Morgan fingerprint density at radius 3 is 3.17 bits per heavy atom. The highest BCUT2D eigenvalue weighted by Crippen LogP contribution is 2.23. The van der Waals surface area contributed by atoms with Crippen LogP contribution in [0.2, 0.25) is 0 Å². The van der Waals surface area contributed by atoms with Gasteiger partial charge in [-0.3, -0.25) is 0 Å². The van der Waals surface area contributed by atoms with Gasteiger partial charge in [-0.1, -0.05) is 0 Å². The lowest BCUT2D eigenvalue weighted by Gasteiger charge is -2.27. The van der Waals surface area contributed by atoms with E-state index in [2.05, 4.69) is 15.1 Å². The van der Waals surface area contributed by atoms with E-state index in [1.54, 1.807) is 4.52 Å². The van der Waals surface area contributed by atoms with Crippen LogP contribution in [-0.4, -0.2) is 31.7 Å². The number of aryl methyl sites for hydroxylation is 1. The Balaban J connectivity index is 1.87. The maximum Gasteiger partial charge on any atom is 0.255 e. The zero-order valence-electron chi connectivity index (χ0n) is 10.4. The molecule has 2 atom stereocenters. The highest BCUT2D eigenvalue weighted by molar-refractivity contribution is 5.32. The van der Waals surface area contributed by atoms with E-state index in [0.29, 0.717) is 11.7 Å². The summed E-state index contributed by atoms with van der Waals surface area (Å²) in [6, 6.07) is 2.14. The lowest BCUT2D eigenvalue weighted by atomic mass is 9.94. The fourth-order valence-electron chi connectivity index (χ4n) is 2.44. The Morgan fingerprint density at radius 2 is 2.33 bits per heavy atom. The van der Waals surface area contributed by atoms with Crippen LogP contribution in [0, 0.1) is 6.92 Å². The van der Waals surface area contributed by atoms with Gasteiger partial charge in [-0.15, -0.1) is 0 Å². The van der Waals surface area contributed by atoms with Crippen molar-refractivity contribution in [1.82, 2.24) is 19.6 Å². The van der Waals surface area contributed by atoms with Crippen molar-refractivity contribution in [2.24, 2.45) is 5.73 Å². The average molecular weight is 247 g/mol. The third kappa shape index (κ3) is 2.15. The Hall–Kier alpha value is -1.69. The fourth-order valence-corrected chi connectivity index (χ4v) is 2.44. The van der Waals surface area contributed by atoms with Gasteiger partial charge in [0.15, 0.2) is 0 Å². The van der Waals surface area contributed by atoms with E-state index in [-0.39, 0.29) is 12.1 Å². The number of rotatable bonds is 2. The fraction of sp³-hybridized carbons (Fsp3) is 0.583. The molecule has 0 bridgehead atoms. The lowest BCUT2D eigenvalue weighted by molar-refractivity contribution is 0.135. The van der Waals surface area contributed by atoms with E-state index in [4.69, 9.17) is 10.5 Å². The standard InChI is InChI=1S/C12H17N5O/c1-8-5-11(17-12(16-8)14-7-15-17)18-10-4-2-3-9(13)6-10/h5,7,9-10H,2-4,6,13H2,1H3. The van der Waals surface area contributed by atoms with E-state index >= 15 is 0 Å². The summed E-state index contributed by atoms with van der Waals surface area (Å²) in [5, 5.41) is 4.13. The van der Waals surface area contributed by atoms with Crippen LogP contribution in [0.3, 0.4) is 0 Å². The van der Waals surface area contributed by atoms with Gasteiger partial charge in [0.1, 0.15) is 12.4 Å². The molecule has 0 radical (unpaired) electrons. The summed E-state index contributed by atoms with van der Waals surface area (Å²) in [5.74, 6) is 1.28. The first-order valence-corrected chi connectivity index (χ1v) is 6.32. The first-order chi connectivity index (χ1) is 8.72. The molecule has 18 heavy (non-hydrogen) atoms. The normalized spacial score (nSPS) is 24.3. The SMILES string of the molecule is Cc1cc(OC2CCCC(N)C2)n2ncnc2n1. The van der Waals surface area contributed by atoms with Crippen molar-refractivity contribution in [2.45, 2.75) is 44.8 Å². The Labute approximate surface area is 105 Å². The predicted molar refractivity (Wildman–Crippen MR) is 66.4 cm³/mol. The van der Waals surface area contributed by atoms with Crippen molar-refractivity contribution in [3.05, 3.63) is 18.1 Å². The number of nitrogens with zero attached hydrogens (tertiary/aromatic N) is 4. The summed E-state index contributed by atoms with van der Waals surface area (Å²) in [6.45, 7) is 1.92. The second-order valence-electron chi connectivity index (χ2n) is 4.87. The van der Waals surface area contributed by atoms with Crippen LogP contribution < -0.4 is 10.5 Å². The minimum atomic E-state index is 0.169. The maximum atomic E-state index is 6.02. The second kappa shape index (κ2) is 4.53. The van der Waals surface area contributed by atoms with Crippen molar-refractivity contribution in [3.63, 3.8) is 0 Å². The minimum absolute atomic E-state index is 0.169. The number of hydrogen-bond donors (Lipinski definition) is 1. The zero-order valence-corrected chi connectivity index (χ0v) is 10.4. The molecule has 1 fully saturated rings. The molecular weight excluding hydrogens is 230 g/mol. The van der Waals surface area contributed by atoms with Gasteiger partial charge in [-0.2, -0.15) is 14.6 Å². The van der Waals surface area contributed by atoms with Crippen LogP contribution in [-0.2, 0) is 0 Å². The van der Waals surface area contributed by atoms with Crippen LogP contribution >= 0.6 is 0 Å². The molecule has 0 saturated heterocycles. The van der Waals surface area contributed by atoms with Crippen molar-refractivity contribution in [1.29, 1.82) is 0 Å². The molecule has 1 aliphatic rings. The van der Waals surface area contributed by atoms with Crippen LogP contribution in [0.4, 0.5) is 0 Å². The van der Waals surface area contributed by atoms with Gasteiger partial charge in [-0.05, 0) is 32.6 Å². The summed E-state index contributed by atoms with van der Waals surface area (Å²) in [5.41, 5.74) is 6.85. The molecule has 96 valence electrons. The highest BCUT2D eigenvalue weighted by Gasteiger charge is 2.21. The van der Waals surface area contributed by atoms with Gasteiger partial charge >= 0.3 is 0 Å². The third-order valence-corrected chi connectivity index (χ3v) is 3.30. The van der Waals surface area contributed by atoms with E-state index in [1.165, 1.54) is 6.33 Å². The van der Waals surface area contributed by atoms with Crippen LogP contribution in [0.5, 0.6) is 5.88 Å². The summed E-state index contributed by atoms with van der Waals surface area (Å²) >= 11 is 0. The molecule has 6 nitrogen and oxygen atoms in total. The molecule has 2 heterocycles. The Morgan fingerprint density at radius 1 is 1.44 bits per heavy atom. The number of ether oxygens (including phenoxy) is 1. The van der Waals surface area contributed by atoms with Crippen molar-refractivity contribution in [3.8, 4) is 5.88 Å². The topological polar surface area (TPSA) is 78.3 Å². The van der Waals surface area contributed by atoms with E-state index in [1.807, 2.05) is 13.0 Å². The number of nitrogens with two attached hydrogens (primary N) is 1. The van der Waals surface area contributed by atoms with Gasteiger partial charge < -0.3 is 10.5 Å². The number of hydrogen-bond acceptors (Lipinski definition) is 5. The van der Waals surface area contributed by atoms with Crippen molar-refractivity contribution < 1.29 is 4.74 Å². The average Bonchev–Trinajstić information content (AvgIpc) is 2.77. The first kappa shape index (κ1) is 11.4. The Kier molecular flexibility index (Phi) is 2.87. The molecule has 2 unspecified atom stereocenters. The largest absolute Gasteiger partial charge is 0.474 e. The van der Waals surface area contributed by atoms with E-state index in [0.717, 1.165) is 31.4 Å². The second-order valence-corrected chi connectivity index (χ2v) is 4.87. The molecule has 0 aliphatic heterocycles. The van der Waals surface area contributed by atoms with Gasteiger partial charge in [0.2, 0.25) is 5.88 Å². The molecule has 1 aliphatic carbocycles. The number of fused-ring (bicyclic) bond motifs is 1. The molecule has 0 spiro atoms. The van der Waals surface area contributed by atoms with Crippen LogP contribution in [0.25, 0.3) is 5.78 Å². The van der Waals surface area contributed by atoms with Crippen LogP contribution in [0.1, 0.15) is 31.4 Å². The summed E-state index contributed by atoms with van der Waals surface area (Å²) in [6.07, 6.45) is 5.82. The molecule has 3 rings (SSSR count).